The van der Waals surface area contributed by atoms with E-state index in [1.807, 2.05) is 12.1 Å². The first-order valence-corrected chi connectivity index (χ1v) is 10.4. The average molecular weight is 370 g/mol. The molecule has 1 aromatic carbocycles. The SMILES string of the molecule is CC(=O)CCC(=O)O[C@H]1CC[C@H]2[C@@H]3CCc4cc(O)ccc4[C@H]3CC[C@]12C. The minimum Gasteiger partial charge on any atom is -0.508 e. The highest BCUT2D eigenvalue weighted by Crippen LogP contribution is 2.61. The molecule has 1 aromatic rings. The lowest BCUT2D eigenvalue weighted by atomic mass is 9.55. The third-order valence-electron chi connectivity index (χ3n) is 7.58. The summed E-state index contributed by atoms with van der Waals surface area (Å²) >= 11 is 0. The second kappa shape index (κ2) is 6.96. The predicted octanol–water partition coefficient (Wildman–Crippen LogP) is 4.53. The number of Topliss-reactive ketones (excluding diaryl/α,β-unsaturated/α-hetero) is 1. The van der Waals surface area contributed by atoms with Crippen molar-refractivity contribution in [2.24, 2.45) is 17.3 Å². The van der Waals surface area contributed by atoms with Crippen molar-refractivity contribution in [1.29, 1.82) is 0 Å². The molecule has 4 rings (SSSR count). The summed E-state index contributed by atoms with van der Waals surface area (Å²) < 4.78 is 5.87. The molecule has 4 heteroatoms. The lowest BCUT2D eigenvalue weighted by Crippen LogP contribution is -2.45. The van der Waals surface area contributed by atoms with Gasteiger partial charge >= 0.3 is 5.97 Å². The van der Waals surface area contributed by atoms with E-state index in [0.29, 0.717) is 23.5 Å². The van der Waals surface area contributed by atoms with Gasteiger partial charge in [0.15, 0.2) is 0 Å². The highest BCUT2D eigenvalue weighted by molar-refractivity contribution is 5.81. The highest BCUT2D eigenvalue weighted by Gasteiger charge is 2.56. The van der Waals surface area contributed by atoms with Crippen LogP contribution in [0.4, 0.5) is 0 Å². The van der Waals surface area contributed by atoms with Gasteiger partial charge in [-0.1, -0.05) is 13.0 Å². The number of carbonyl (C=O) groups is 2. The van der Waals surface area contributed by atoms with Crippen LogP contribution in [-0.2, 0) is 20.7 Å². The predicted molar refractivity (Wildman–Crippen MR) is 103 cm³/mol. The van der Waals surface area contributed by atoms with E-state index in [4.69, 9.17) is 4.74 Å². The third-order valence-corrected chi connectivity index (χ3v) is 7.58. The molecule has 3 aliphatic carbocycles. The molecule has 0 radical (unpaired) electrons. The first-order valence-electron chi connectivity index (χ1n) is 10.4. The van der Waals surface area contributed by atoms with Gasteiger partial charge in [0, 0.05) is 11.8 Å². The number of benzene rings is 1. The first-order chi connectivity index (χ1) is 12.9. The Bertz CT molecular complexity index is 755. The van der Waals surface area contributed by atoms with Gasteiger partial charge in [0.1, 0.15) is 17.6 Å². The van der Waals surface area contributed by atoms with Gasteiger partial charge in [-0.05, 0) is 86.5 Å². The van der Waals surface area contributed by atoms with Crippen LogP contribution in [0.3, 0.4) is 0 Å². The summed E-state index contributed by atoms with van der Waals surface area (Å²) in [5.74, 6) is 1.98. The molecule has 2 fully saturated rings. The molecule has 27 heavy (non-hydrogen) atoms. The Morgan fingerprint density at radius 1 is 1.19 bits per heavy atom. The topological polar surface area (TPSA) is 63.6 Å². The Morgan fingerprint density at radius 2 is 2.00 bits per heavy atom. The first kappa shape index (κ1) is 18.5. The van der Waals surface area contributed by atoms with Crippen molar-refractivity contribution in [3.63, 3.8) is 0 Å². The van der Waals surface area contributed by atoms with Gasteiger partial charge in [-0.3, -0.25) is 4.79 Å². The number of ether oxygens (including phenoxy) is 1. The van der Waals surface area contributed by atoms with E-state index in [1.54, 1.807) is 0 Å². The number of aromatic hydroxyl groups is 1. The molecule has 1 N–H and O–H groups in total. The van der Waals surface area contributed by atoms with Crippen molar-refractivity contribution in [2.45, 2.75) is 77.2 Å². The Labute approximate surface area is 161 Å². The van der Waals surface area contributed by atoms with Crippen LogP contribution in [-0.4, -0.2) is 23.0 Å². The van der Waals surface area contributed by atoms with Gasteiger partial charge < -0.3 is 14.6 Å². The second-order valence-corrected chi connectivity index (χ2v) is 9.10. The minimum absolute atomic E-state index is 0.0101. The molecule has 146 valence electrons. The molecule has 4 nitrogen and oxygen atoms in total. The van der Waals surface area contributed by atoms with E-state index in [2.05, 4.69) is 13.0 Å². The van der Waals surface area contributed by atoms with Crippen LogP contribution in [0, 0.1) is 17.3 Å². The van der Waals surface area contributed by atoms with Gasteiger partial charge in [0.2, 0.25) is 0 Å². The maximum Gasteiger partial charge on any atom is 0.306 e. The fourth-order valence-corrected chi connectivity index (χ4v) is 6.21. The normalized spacial score (nSPS) is 34.3. The van der Waals surface area contributed by atoms with Crippen molar-refractivity contribution in [3.05, 3.63) is 29.3 Å². The summed E-state index contributed by atoms with van der Waals surface area (Å²) in [6.07, 6.45) is 6.92. The molecule has 2 saturated carbocycles. The number of esters is 1. The smallest absolute Gasteiger partial charge is 0.306 e. The summed E-state index contributed by atoms with van der Waals surface area (Å²) in [5.41, 5.74) is 2.79. The van der Waals surface area contributed by atoms with Crippen molar-refractivity contribution < 1.29 is 19.4 Å². The summed E-state index contributed by atoms with van der Waals surface area (Å²) in [6.45, 7) is 3.83. The van der Waals surface area contributed by atoms with Crippen LogP contribution >= 0.6 is 0 Å². The molecule has 0 spiro atoms. The van der Waals surface area contributed by atoms with E-state index in [1.165, 1.54) is 18.1 Å². The van der Waals surface area contributed by atoms with E-state index >= 15 is 0 Å². The molecule has 3 aliphatic rings. The van der Waals surface area contributed by atoms with Crippen LogP contribution in [0.15, 0.2) is 18.2 Å². The summed E-state index contributed by atoms with van der Waals surface area (Å²) in [5, 5.41) is 9.80. The van der Waals surface area contributed by atoms with Crippen LogP contribution in [0.5, 0.6) is 5.75 Å². The number of aryl methyl sites for hydroxylation is 1. The van der Waals surface area contributed by atoms with E-state index in [-0.39, 0.29) is 36.1 Å². The van der Waals surface area contributed by atoms with E-state index in [9.17, 15) is 14.7 Å². The maximum atomic E-state index is 12.2. The molecule has 0 bridgehead atoms. The van der Waals surface area contributed by atoms with Crippen molar-refractivity contribution in [2.75, 3.05) is 0 Å². The standard InChI is InChI=1S/C23H30O4/c1-14(24)3-10-22(26)27-21-9-8-20-19-6-4-15-13-16(25)5-7-17(15)18(19)11-12-23(20,21)2/h5,7,13,18-21,25H,3-4,6,8-12H2,1-2H3/t18-,19-,20+,21+,23+/m1/s1. The van der Waals surface area contributed by atoms with Crippen LogP contribution < -0.4 is 0 Å². The molecule has 5 atom stereocenters. The maximum absolute atomic E-state index is 12.2. The third kappa shape index (κ3) is 3.28. The van der Waals surface area contributed by atoms with Gasteiger partial charge in [0.05, 0.1) is 6.42 Å². The lowest BCUT2D eigenvalue weighted by Gasteiger charge is -2.50. The number of phenols is 1. The second-order valence-electron chi connectivity index (χ2n) is 9.10. The zero-order chi connectivity index (χ0) is 19.2. The number of phenolic OH excluding ortho intramolecular Hbond substituents is 1. The van der Waals surface area contributed by atoms with Gasteiger partial charge in [-0.2, -0.15) is 0 Å². The van der Waals surface area contributed by atoms with Gasteiger partial charge in [-0.25, -0.2) is 0 Å². The van der Waals surface area contributed by atoms with Crippen molar-refractivity contribution in [3.8, 4) is 5.75 Å². The largest absolute Gasteiger partial charge is 0.508 e. The average Bonchev–Trinajstić information content (AvgIpc) is 2.96. The Hall–Kier alpha value is -1.84. The number of rotatable bonds is 4. The van der Waals surface area contributed by atoms with Crippen LogP contribution in [0.25, 0.3) is 0 Å². The lowest BCUT2D eigenvalue weighted by molar-refractivity contribution is -0.158. The Balaban J connectivity index is 1.49. The molecular weight excluding hydrogens is 340 g/mol. The van der Waals surface area contributed by atoms with Crippen molar-refractivity contribution in [1.82, 2.24) is 0 Å². The van der Waals surface area contributed by atoms with Gasteiger partial charge in [-0.15, -0.1) is 0 Å². The number of carbonyl (C=O) groups excluding carboxylic acids is 2. The molecular formula is C23H30O4. The summed E-state index contributed by atoms with van der Waals surface area (Å²) in [4.78, 5) is 23.3. The van der Waals surface area contributed by atoms with Crippen LogP contribution in [0.1, 0.15) is 75.8 Å². The fraction of sp³-hybridized carbons (Fsp3) is 0.652. The quantitative estimate of drug-likeness (QED) is 0.791. The van der Waals surface area contributed by atoms with Crippen LogP contribution in [0.2, 0.25) is 0 Å². The molecule has 0 saturated heterocycles. The Kier molecular flexibility index (Phi) is 4.77. The number of fused-ring (bicyclic) bond motifs is 5. The monoisotopic (exact) mass is 370 g/mol. The minimum atomic E-state index is -0.219. The van der Waals surface area contributed by atoms with E-state index < -0.39 is 0 Å². The number of hydrogen-bond acceptors (Lipinski definition) is 4. The number of ketones is 1. The molecule has 0 aromatic heterocycles. The Morgan fingerprint density at radius 3 is 2.78 bits per heavy atom. The molecule has 0 heterocycles. The molecule has 0 aliphatic heterocycles. The van der Waals surface area contributed by atoms with Gasteiger partial charge in [0.25, 0.3) is 0 Å². The number of hydrogen-bond donors (Lipinski definition) is 1. The van der Waals surface area contributed by atoms with E-state index in [0.717, 1.165) is 38.5 Å². The molecule has 0 amide bonds. The highest BCUT2D eigenvalue weighted by atomic mass is 16.5. The molecule has 0 unspecified atom stereocenters. The zero-order valence-corrected chi connectivity index (χ0v) is 16.4. The fourth-order valence-electron chi connectivity index (χ4n) is 6.21. The summed E-state index contributed by atoms with van der Waals surface area (Å²) in [6, 6.07) is 5.88. The van der Waals surface area contributed by atoms with Crippen molar-refractivity contribution >= 4 is 11.8 Å². The zero-order valence-electron chi connectivity index (χ0n) is 16.4. The summed E-state index contributed by atoms with van der Waals surface area (Å²) in [7, 11) is 0.